The van der Waals surface area contributed by atoms with Gasteiger partial charge in [-0.2, -0.15) is 5.26 Å². The molecule has 0 spiro atoms. The first-order chi connectivity index (χ1) is 12.0. The van der Waals surface area contributed by atoms with Gasteiger partial charge < -0.3 is 15.1 Å². The Kier molecular flexibility index (Phi) is 3.20. The number of aromatic nitrogens is 4. The van der Waals surface area contributed by atoms with E-state index in [9.17, 15) is 15.2 Å². The number of nitrogens with one attached hydrogen (secondary N) is 2. The zero-order valence-corrected chi connectivity index (χ0v) is 13.8. The van der Waals surface area contributed by atoms with Crippen LogP contribution in [0.1, 0.15) is 16.8 Å². The second-order valence-electron chi connectivity index (χ2n) is 5.58. The lowest BCUT2D eigenvalue weighted by Gasteiger charge is -2.02. The Morgan fingerprint density at radius 1 is 1.36 bits per heavy atom. The number of imidazole rings is 2. The Morgan fingerprint density at radius 2 is 2.12 bits per heavy atom. The molecule has 0 amide bonds. The SMILES string of the molecule is Cc1c(C#N)c2nc3ccccc3n2c(=O)/c1=C\c1[nH]c(=S)[nH]c1O. The van der Waals surface area contributed by atoms with Crippen molar-refractivity contribution in [3.63, 3.8) is 0 Å². The molecule has 0 aliphatic carbocycles. The molecular weight excluding hydrogens is 338 g/mol. The Bertz CT molecular complexity index is 1370. The topological polar surface area (TPSA) is 110 Å². The van der Waals surface area contributed by atoms with Gasteiger partial charge in [0.1, 0.15) is 11.8 Å². The highest BCUT2D eigenvalue weighted by molar-refractivity contribution is 7.71. The highest BCUT2D eigenvalue weighted by atomic mass is 32.1. The van der Waals surface area contributed by atoms with Gasteiger partial charge in [0.15, 0.2) is 10.4 Å². The zero-order valence-electron chi connectivity index (χ0n) is 13.0. The predicted octanol–water partition coefficient (Wildman–Crippen LogP) is 1.67. The summed E-state index contributed by atoms with van der Waals surface area (Å²) in [5.74, 6) is -0.169. The highest BCUT2D eigenvalue weighted by Crippen LogP contribution is 2.18. The van der Waals surface area contributed by atoms with Crippen molar-refractivity contribution in [1.82, 2.24) is 19.4 Å². The second kappa shape index (κ2) is 5.29. The van der Waals surface area contributed by atoms with E-state index in [0.29, 0.717) is 27.8 Å². The van der Waals surface area contributed by atoms with Gasteiger partial charge in [-0.05, 0) is 42.9 Å². The number of aromatic hydroxyl groups is 1. The van der Waals surface area contributed by atoms with E-state index in [1.54, 1.807) is 25.1 Å². The minimum Gasteiger partial charge on any atom is -0.493 e. The van der Waals surface area contributed by atoms with Crippen molar-refractivity contribution in [2.75, 3.05) is 0 Å². The van der Waals surface area contributed by atoms with Crippen LogP contribution in [0.2, 0.25) is 0 Å². The van der Waals surface area contributed by atoms with Gasteiger partial charge in [-0.3, -0.25) is 9.20 Å². The smallest absolute Gasteiger partial charge is 0.264 e. The molecule has 3 heterocycles. The van der Waals surface area contributed by atoms with Crippen LogP contribution in [0.5, 0.6) is 5.88 Å². The highest BCUT2D eigenvalue weighted by Gasteiger charge is 2.16. The van der Waals surface area contributed by atoms with E-state index in [4.69, 9.17) is 12.2 Å². The van der Waals surface area contributed by atoms with Gasteiger partial charge in [0, 0.05) is 5.22 Å². The molecule has 4 aromatic rings. The molecule has 4 rings (SSSR count). The van der Waals surface area contributed by atoms with Crippen LogP contribution in [-0.4, -0.2) is 24.5 Å². The maximum absolute atomic E-state index is 13.1. The van der Waals surface area contributed by atoms with E-state index in [0.717, 1.165) is 0 Å². The van der Waals surface area contributed by atoms with Crippen molar-refractivity contribution in [3.05, 3.63) is 61.4 Å². The molecule has 1 aromatic carbocycles. The average molecular weight is 349 g/mol. The first kappa shape index (κ1) is 15.1. The van der Waals surface area contributed by atoms with E-state index in [-0.39, 0.29) is 27.1 Å². The van der Waals surface area contributed by atoms with E-state index in [2.05, 4.69) is 21.0 Å². The van der Waals surface area contributed by atoms with Crippen LogP contribution >= 0.6 is 12.2 Å². The number of para-hydroxylation sites is 2. The standard InChI is InChI=1S/C17H11N5O2S/c1-8-9(6-12-15(23)21-17(25)20-12)16(24)22-13-5-3-2-4-11(13)19-14(22)10(8)7-18/h2-6,23H,1H3,(H2,20,21,25)/b9-6-. The largest absolute Gasteiger partial charge is 0.493 e. The lowest BCUT2D eigenvalue weighted by atomic mass is 10.1. The van der Waals surface area contributed by atoms with Gasteiger partial charge in [0.2, 0.25) is 5.88 Å². The van der Waals surface area contributed by atoms with Gasteiger partial charge in [0.05, 0.1) is 16.6 Å². The number of benzene rings is 1. The van der Waals surface area contributed by atoms with Gasteiger partial charge in [0.25, 0.3) is 5.56 Å². The number of aromatic amines is 2. The molecule has 8 heteroatoms. The maximum Gasteiger partial charge on any atom is 0.264 e. The van der Waals surface area contributed by atoms with Crippen molar-refractivity contribution in [1.29, 1.82) is 5.26 Å². The molecule has 122 valence electrons. The molecule has 0 unspecified atom stereocenters. The van der Waals surface area contributed by atoms with Gasteiger partial charge >= 0.3 is 0 Å². The predicted molar refractivity (Wildman–Crippen MR) is 94.8 cm³/mol. The quantitative estimate of drug-likeness (QED) is 0.453. The normalized spacial score (nSPS) is 12.1. The molecule has 3 N–H and O–H groups in total. The molecule has 0 aliphatic rings. The molecule has 0 bridgehead atoms. The van der Waals surface area contributed by atoms with Crippen LogP contribution in [0.15, 0.2) is 29.1 Å². The third kappa shape index (κ3) is 2.14. The lowest BCUT2D eigenvalue weighted by Crippen LogP contribution is -2.34. The Balaban J connectivity index is 2.25. The summed E-state index contributed by atoms with van der Waals surface area (Å²) in [5.41, 5.74) is 2.36. The van der Waals surface area contributed by atoms with Gasteiger partial charge in [-0.1, -0.05) is 12.1 Å². The van der Waals surface area contributed by atoms with E-state index >= 15 is 0 Å². The minimum absolute atomic E-state index is 0.169. The van der Waals surface area contributed by atoms with Gasteiger partial charge in [-0.15, -0.1) is 0 Å². The van der Waals surface area contributed by atoms with Crippen LogP contribution in [0, 0.1) is 23.0 Å². The molecule has 0 saturated carbocycles. The number of H-pyrrole nitrogens is 2. The first-order valence-electron chi connectivity index (χ1n) is 7.38. The van der Waals surface area contributed by atoms with Crippen LogP contribution in [0.4, 0.5) is 0 Å². The van der Waals surface area contributed by atoms with Crippen molar-refractivity contribution >= 4 is 35.0 Å². The third-order valence-corrected chi connectivity index (χ3v) is 4.34. The van der Waals surface area contributed by atoms with E-state index in [1.165, 1.54) is 10.5 Å². The number of fused-ring (bicyclic) bond motifs is 3. The maximum atomic E-state index is 13.1. The molecule has 25 heavy (non-hydrogen) atoms. The molecule has 7 nitrogen and oxygen atoms in total. The molecular formula is C17H11N5O2S. The molecule has 0 aliphatic heterocycles. The summed E-state index contributed by atoms with van der Waals surface area (Å²) in [5, 5.41) is 19.7. The van der Waals surface area contributed by atoms with Crippen molar-refractivity contribution in [3.8, 4) is 11.9 Å². The monoisotopic (exact) mass is 349 g/mol. The van der Waals surface area contributed by atoms with Crippen LogP contribution in [0.3, 0.4) is 0 Å². The Hall–Kier alpha value is -3.44. The summed E-state index contributed by atoms with van der Waals surface area (Å²) in [7, 11) is 0. The summed E-state index contributed by atoms with van der Waals surface area (Å²) < 4.78 is 1.66. The summed E-state index contributed by atoms with van der Waals surface area (Å²) in [6.45, 7) is 1.68. The van der Waals surface area contributed by atoms with Crippen LogP contribution in [-0.2, 0) is 0 Å². The van der Waals surface area contributed by atoms with Crippen molar-refractivity contribution in [2.45, 2.75) is 6.92 Å². The summed E-state index contributed by atoms with van der Waals surface area (Å²) in [6, 6.07) is 9.32. The number of hydrogen-bond acceptors (Lipinski definition) is 5. The summed E-state index contributed by atoms with van der Waals surface area (Å²) in [6.07, 6.45) is 1.48. The van der Waals surface area contributed by atoms with Crippen molar-refractivity contribution in [2.24, 2.45) is 0 Å². The molecule has 0 fully saturated rings. The van der Waals surface area contributed by atoms with E-state index in [1.807, 2.05) is 6.07 Å². The Morgan fingerprint density at radius 3 is 2.80 bits per heavy atom. The summed E-state index contributed by atoms with van der Waals surface area (Å²) >= 11 is 4.94. The van der Waals surface area contributed by atoms with E-state index < -0.39 is 0 Å². The fraction of sp³-hybridized carbons (Fsp3) is 0.0588. The number of rotatable bonds is 1. The van der Waals surface area contributed by atoms with Crippen molar-refractivity contribution < 1.29 is 5.11 Å². The van der Waals surface area contributed by atoms with Crippen LogP contribution < -0.4 is 10.8 Å². The second-order valence-corrected chi connectivity index (χ2v) is 5.98. The molecule has 0 atom stereocenters. The Labute approximate surface area is 145 Å². The number of nitriles is 1. The third-order valence-electron chi connectivity index (χ3n) is 4.13. The number of hydrogen-bond donors (Lipinski definition) is 3. The fourth-order valence-corrected chi connectivity index (χ4v) is 3.13. The molecule has 0 saturated heterocycles. The fourth-order valence-electron chi connectivity index (χ4n) is 2.92. The number of pyridine rings is 1. The molecule has 3 aromatic heterocycles. The minimum atomic E-state index is -0.319. The molecule has 0 radical (unpaired) electrons. The summed E-state index contributed by atoms with van der Waals surface area (Å²) in [4.78, 5) is 22.8. The first-order valence-corrected chi connectivity index (χ1v) is 7.79. The average Bonchev–Trinajstić information content (AvgIpc) is 3.11. The van der Waals surface area contributed by atoms with Gasteiger partial charge in [-0.25, -0.2) is 4.98 Å². The number of nitrogens with zero attached hydrogens (tertiary/aromatic N) is 3. The lowest BCUT2D eigenvalue weighted by molar-refractivity contribution is 0.455. The zero-order chi connectivity index (χ0) is 17.7. The van der Waals surface area contributed by atoms with Crippen LogP contribution in [0.25, 0.3) is 22.8 Å².